The zero-order chi connectivity index (χ0) is 19.1. The Balaban J connectivity index is 0.00000280. The average Bonchev–Trinajstić information content (AvgIpc) is 3.31. The van der Waals surface area contributed by atoms with Gasteiger partial charge in [-0.15, -0.1) is 35.3 Å². The van der Waals surface area contributed by atoms with Gasteiger partial charge in [-0.25, -0.2) is 12.7 Å². The number of hydrogen-bond acceptors (Lipinski definition) is 6. The Labute approximate surface area is 188 Å². The van der Waals surface area contributed by atoms with Gasteiger partial charge in [-0.3, -0.25) is 9.89 Å². The van der Waals surface area contributed by atoms with E-state index in [2.05, 4.69) is 38.0 Å². The third kappa shape index (κ3) is 6.52. The summed E-state index contributed by atoms with van der Waals surface area (Å²) in [6.45, 7) is 5.74. The largest absolute Gasteiger partial charge is 0.379 e. The second-order valence-corrected chi connectivity index (χ2v) is 9.70. The molecule has 0 radical (unpaired) electrons. The number of thiophene rings is 1. The summed E-state index contributed by atoms with van der Waals surface area (Å²) < 4.78 is 30.8. The lowest BCUT2D eigenvalue weighted by molar-refractivity contribution is 0.0177. The molecule has 0 amide bonds. The van der Waals surface area contributed by atoms with Crippen LogP contribution in [0.4, 0.5) is 0 Å². The summed E-state index contributed by atoms with van der Waals surface area (Å²) in [7, 11) is -1.31. The van der Waals surface area contributed by atoms with Crippen molar-refractivity contribution in [2.45, 2.75) is 12.5 Å². The maximum Gasteiger partial charge on any atom is 0.214 e. The summed E-state index contributed by atoms with van der Waals surface area (Å²) >= 11 is 1.76. The third-order valence-corrected chi connectivity index (χ3v) is 7.83. The van der Waals surface area contributed by atoms with Gasteiger partial charge >= 0.3 is 0 Å². The molecule has 0 spiro atoms. The maximum atomic E-state index is 11.9. The van der Waals surface area contributed by atoms with E-state index in [-0.39, 0.29) is 35.8 Å². The number of guanidine groups is 1. The summed E-state index contributed by atoms with van der Waals surface area (Å²) in [5.74, 6) is 0.962. The van der Waals surface area contributed by atoms with Crippen molar-refractivity contribution in [3.8, 4) is 0 Å². The van der Waals surface area contributed by atoms with E-state index in [1.807, 2.05) is 0 Å². The van der Waals surface area contributed by atoms with Crippen LogP contribution >= 0.6 is 35.3 Å². The van der Waals surface area contributed by atoms with Gasteiger partial charge in [-0.2, -0.15) is 0 Å². The van der Waals surface area contributed by atoms with Crippen molar-refractivity contribution in [2.75, 3.05) is 65.3 Å². The minimum absolute atomic E-state index is 0. The van der Waals surface area contributed by atoms with Crippen molar-refractivity contribution >= 4 is 51.3 Å². The molecule has 11 heteroatoms. The molecule has 3 rings (SSSR count). The lowest BCUT2D eigenvalue weighted by Gasteiger charge is -2.34. The summed E-state index contributed by atoms with van der Waals surface area (Å²) in [4.78, 5) is 8.03. The molecule has 2 aliphatic heterocycles. The first-order chi connectivity index (χ1) is 13.1. The quantitative estimate of drug-likeness (QED) is 0.303. The molecule has 160 valence electrons. The van der Waals surface area contributed by atoms with Gasteiger partial charge in [0, 0.05) is 51.2 Å². The lowest BCUT2D eigenvalue weighted by Crippen LogP contribution is -2.47. The van der Waals surface area contributed by atoms with E-state index in [0.717, 1.165) is 39.3 Å². The molecule has 0 saturated carbocycles. The molecule has 2 aliphatic rings. The molecule has 8 nitrogen and oxygen atoms in total. The predicted molar refractivity (Wildman–Crippen MR) is 124 cm³/mol. The molecule has 2 N–H and O–H groups in total. The first-order valence-corrected chi connectivity index (χ1v) is 11.9. The Morgan fingerprint density at radius 3 is 2.71 bits per heavy atom. The maximum absolute atomic E-state index is 11.9. The van der Waals surface area contributed by atoms with Crippen LogP contribution in [0, 0.1) is 0 Å². The Morgan fingerprint density at radius 2 is 2.11 bits per heavy atom. The smallest absolute Gasteiger partial charge is 0.214 e. The number of sulfonamides is 1. The van der Waals surface area contributed by atoms with Gasteiger partial charge in [0.2, 0.25) is 10.0 Å². The Hall–Kier alpha value is -0.470. The van der Waals surface area contributed by atoms with Crippen molar-refractivity contribution in [2.24, 2.45) is 4.99 Å². The Morgan fingerprint density at radius 1 is 1.32 bits per heavy atom. The zero-order valence-electron chi connectivity index (χ0n) is 16.2. The first-order valence-electron chi connectivity index (χ1n) is 9.38. The molecule has 1 unspecified atom stereocenters. The van der Waals surface area contributed by atoms with Crippen LogP contribution in [0.5, 0.6) is 0 Å². The van der Waals surface area contributed by atoms with E-state index in [1.165, 1.54) is 4.88 Å². The highest BCUT2D eigenvalue weighted by atomic mass is 127. The number of halogens is 1. The standard InChI is InChI=1S/C17H29N5O3S2.HI/c1-18-17(19-5-7-22-6-3-13-27(22,23)24)20-14-15(16-4-2-12-26-16)21-8-10-25-11-9-21;/h2,4,12,15H,3,5-11,13-14H2,1H3,(H2,18,19,20);1H. The van der Waals surface area contributed by atoms with Gasteiger partial charge in [-0.1, -0.05) is 6.07 Å². The molecule has 28 heavy (non-hydrogen) atoms. The molecule has 0 aromatic carbocycles. The second kappa shape index (κ2) is 11.6. The average molecular weight is 543 g/mol. The van der Waals surface area contributed by atoms with Crippen LogP contribution in [0.15, 0.2) is 22.5 Å². The van der Waals surface area contributed by atoms with Crippen LogP contribution in [0.1, 0.15) is 17.3 Å². The van der Waals surface area contributed by atoms with Gasteiger partial charge in [-0.05, 0) is 17.9 Å². The number of hydrogen-bond donors (Lipinski definition) is 2. The number of morpholine rings is 1. The van der Waals surface area contributed by atoms with Crippen molar-refractivity contribution in [3.05, 3.63) is 22.4 Å². The van der Waals surface area contributed by atoms with E-state index < -0.39 is 10.0 Å². The summed E-state index contributed by atoms with van der Waals surface area (Å²) in [5.41, 5.74) is 0. The topological polar surface area (TPSA) is 86.3 Å². The minimum atomic E-state index is -3.05. The summed E-state index contributed by atoms with van der Waals surface area (Å²) in [6, 6.07) is 4.52. The van der Waals surface area contributed by atoms with E-state index >= 15 is 0 Å². The van der Waals surface area contributed by atoms with Crippen LogP contribution < -0.4 is 10.6 Å². The molecule has 1 aromatic heterocycles. The zero-order valence-corrected chi connectivity index (χ0v) is 20.1. The molecule has 3 heterocycles. The fourth-order valence-corrected chi connectivity index (χ4v) is 5.82. The number of ether oxygens (including phenoxy) is 1. The normalized spacial score (nSPS) is 21.8. The molecule has 0 bridgehead atoms. The highest BCUT2D eigenvalue weighted by molar-refractivity contribution is 14.0. The Kier molecular flexibility index (Phi) is 9.90. The van der Waals surface area contributed by atoms with Crippen LogP contribution in [0.3, 0.4) is 0 Å². The molecular weight excluding hydrogens is 513 g/mol. The van der Waals surface area contributed by atoms with Crippen molar-refractivity contribution < 1.29 is 13.2 Å². The molecular formula is C17H30IN5O3S2. The predicted octanol–water partition coefficient (Wildman–Crippen LogP) is 0.940. The van der Waals surface area contributed by atoms with Crippen molar-refractivity contribution in [3.63, 3.8) is 0 Å². The number of rotatable bonds is 7. The van der Waals surface area contributed by atoms with Crippen molar-refractivity contribution in [1.29, 1.82) is 0 Å². The van der Waals surface area contributed by atoms with Crippen LogP contribution in [0.25, 0.3) is 0 Å². The highest BCUT2D eigenvalue weighted by Crippen LogP contribution is 2.25. The van der Waals surface area contributed by atoms with Gasteiger partial charge in [0.25, 0.3) is 0 Å². The fourth-order valence-electron chi connectivity index (χ4n) is 3.44. The Bertz CT molecular complexity index is 708. The van der Waals surface area contributed by atoms with Crippen LogP contribution in [-0.2, 0) is 14.8 Å². The van der Waals surface area contributed by atoms with Crippen molar-refractivity contribution in [1.82, 2.24) is 19.8 Å². The molecule has 1 atom stereocenters. The van der Waals surface area contributed by atoms with E-state index in [1.54, 1.807) is 22.7 Å². The lowest BCUT2D eigenvalue weighted by atomic mass is 10.2. The number of nitrogens with zero attached hydrogens (tertiary/aromatic N) is 3. The number of aliphatic imine (C=N–C) groups is 1. The van der Waals surface area contributed by atoms with Crippen LogP contribution in [0.2, 0.25) is 0 Å². The summed E-state index contributed by atoms with van der Waals surface area (Å²) in [5, 5.41) is 8.73. The van der Waals surface area contributed by atoms with Gasteiger partial charge in [0.05, 0.1) is 25.0 Å². The monoisotopic (exact) mass is 543 g/mol. The molecule has 2 saturated heterocycles. The molecule has 1 aromatic rings. The van der Waals surface area contributed by atoms with E-state index in [4.69, 9.17) is 4.74 Å². The fraction of sp³-hybridized carbons (Fsp3) is 0.706. The van der Waals surface area contributed by atoms with E-state index in [9.17, 15) is 8.42 Å². The number of nitrogens with one attached hydrogen (secondary N) is 2. The minimum Gasteiger partial charge on any atom is -0.379 e. The molecule has 2 fully saturated rings. The second-order valence-electron chi connectivity index (χ2n) is 6.63. The highest BCUT2D eigenvalue weighted by Gasteiger charge is 2.27. The first kappa shape index (κ1) is 23.8. The third-order valence-electron chi connectivity index (χ3n) is 4.90. The van der Waals surface area contributed by atoms with E-state index in [0.29, 0.717) is 25.6 Å². The molecule has 0 aliphatic carbocycles. The van der Waals surface area contributed by atoms with Crippen LogP contribution in [-0.4, -0.2) is 88.9 Å². The summed E-state index contributed by atoms with van der Waals surface area (Å²) in [6.07, 6.45) is 0.720. The SMILES string of the molecule is CN=C(NCCN1CCCS1(=O)=O)NCC(c1cccs1)N1CCOCC1.I. The van der Waals surface area contributed by atoms with Gasteiger partial charge < -0.3 is 15.4 Å². The van der Waals surface area contributed by atoms with Gasteiger partial charge in [0.1, 0.15) is 0 Å². The van der Waals surface area contributed by atoms with Gasteiger partial charge in [0.15, 0.2) is 5.96 Å².